The predicted octanol–water partition coefficient (Wildman–Crippen LogP) is 2.67. The zero-order valence-corrected chi connectivity index (χ0v) is 12.2. The first-order valence-electron chi connectivity index (χ1n) is 6.56. The van der Waals surface area contributed by atoms with E-state index in [-0.39, 0.29) is 6.61 Å². The number of thiol groups is 1. The fraction of sp³-hybridized carbons (Fsp3) is 1.00. The number of rotatable bonds is 9. The summed E-state index contributed by atoms with van der Waals surface area (Å²) in [7, 11) is 0. The minimum atomic E-state index is 0.258. The minimum absolute atomic E-state index is 0.258. The van der Waals surface area contributed by atoms with Gasteiger partial charge < -0.3 is 5.11 Å². The molecule has 3 heteroatoms. The van der Waals surface area contributed by atoms with Gasteiger partial charge in [0.2, 0.25) is 0 Å². The van der Waals surface area contributed by atoms with Gasteiger partial charge in [0.25, 0.3) is 0 Å². The first-order valence-corrected chi connectivity index (χ1v) is 7.19. The molecule has 0 radical (unpaired) electrons. The molecule has 0 saturated heterocycles. The van der Waals surface area contributed by atoms with E-state index >= 15 is 0 Å². The fourth-order valence-electron chi connectivity index (χ4n) is 2.14. The lowest BCUT2D eigenvalue weighted by molar-refractivity contribution is 0.118. The monoisotopic (exact) mass is 247 g/mol. The molecule has 0 aromatic rings. The van der Waals surface area contributed by atoms with Crippen LogP contribution >= 0.6 is 12.6 Å². The summed E-state index contributed by atoms with van der Waals surface area (Å²) in [6, 6.07) is 0.605. The summed E-state index contributed by atoms with van der Waals surface area (Å²) < 4.78 is 0. The maximum atomic E-state index is 9.14. The Hall–Kier alpha value is 0.270. The van der Waals surface area contributed by atoms with Gasteiger partial charge in [-0.2, -0.15) is 12.6 Å². The fourth-order valence-corrected chi connectivity index (χ4v) is 2.67. The summed E-state index contributed by atoms with van der Waals surface area (Å²) in [4.78, 5) is 2.43. The van der Waals surface area contributed by atoms with Crippen molar-refractivity contribution in [3.8, 4) is 0 Å². The molecular formula is C13H29NOS. The quantitative estimate of drug-likeness (QED) is 0.612. The van der Waals surface area contributed by atoms with E-state index in [2.05, 4.69) is 45.2 Å². The molecule has 0 fully saturated rings. The number of hydrogen-bond donors (Lipinski definition) is 2. The lowest BCUT2D eigenvalue weighted by atomic mass is 9.96. The Labute approximate surface area is 107 Å². The average Bonchev–Trinajstić information content (AvgIpc) is 2.26. The molecule has 0 aliphatic carbocycles. The molecule has 0 saturated carbocycles. The molecule has 16 heavy (non-hydrogen) atoms. The van der Waals surface area contributed by atoms with Crippen molar-refractivity contribution in [2.75, 3.05) is 25.4 Å². The number of nitrogens with zero attached hydrogens (tertiary/aromatic N) is 1. The van der Waals surface area contributed by atoms with Crippen LogP contribution in [0.5, 0.6) is 0 Å². The van der Waals surface area contributed by atoms with Gasteiger partial charge in [0, 0.05) is 19.1 Å². The average molecular weight is 247 g/mol. The Balaban J connectivity index is 4.39. The third-order valence-corrected chi connectivity index (χ3v) is 3.96. The number of hydrogen-bond acceptors (Lipinski definition) is 3. The van der Waals surface area contributed by atoms with Gasteiger partial charge in [0.15, 0.2) is 0 Å². The van der Waals surface area contributed by atoms with Crippen LogP contribution in [0.25, 0.3) is 0 Å². The van der Waals surface area contributed by atoms with Crippen molar-refractivity contribution < 1.29 is 5.11 Å². The molecule has 98 valence electrons. The van der Waals surface area contributed by atoms with Crippen molar-refractivity contribution in [3.63, 3.8) is 0 Å². The highest BCUT2D eigenvalue weighted by Gasteiger charge is 2.20. The Morgan fingerprint density at radius 3 is 2.06 bits per heavy atom. The van der Waals surface area contributed by atoms with Crippen LogP contribution in [0, 0.1) is 11.8 Å². The topological polar surface area (TPSA) is 23.5 Å². The molecule has 0 heterocycles. The van der Waals surface area contributed by atoms with E-state index in [0.29, 0.717) is 17.9 Å². The summed E-state index contributed by atoms with van der Waals surface area (Å²) in [5.74, 6) is 2.21. The molecule has 0 amide bonds. The van der Waals surface area contributed by atoms with Crippen LogP contribution in [0.4, 0.5) is 0 Å². The van der Waals surface area contributed by atoms with E-state index in [9.17, 15) is 0 Å². The maximum Gasteiger partial charge on any atom is 0.0558 e. The van der Waals surface area contributed by atoms with Crippen LogP contribution in [-0.4, -0.2) is 41.5 Å². The van der Waals surface area contributed by atoms with Crippen LogP contribution in [0.2, 0.25) is 0 Å². The second-order valence-electron chi connectivity index (χ2n) is 4.88. The highest BCUT2D eigenvalue weighted by Crippen LogP contribution is 2.17. The van der Waals surface area contributed by atoms with Gasteiger partial charge >= 0.3 is 0 Å². The standard InChI is InChI=1S/C13H29NOS/c1-5-13(6-2)14(7-8-15)9-12(10-16)11(3)4/h11-13,15-16H,5-10H2,1-4H3. The van der Waals surface area contributed by atoms with Gasteiger partial charge in [-0.1, -0.05) is 27.7 Å². The maximum absolute atomic E-state index is 9.14. The van der Waals surface area contributed by atoms with E-state index in [1.807, 2.05) is 0 Å². The van der Waals surface area contributed by atoms with Gasteiger partial charge in [-0.05, 0) is 30.4 Å². The van der Waals surface area contributed by atoms with Crippen LogP contribution in [0.1, 0.15) is 40.5 Å². The molecule has 0 aliphatic rings. The largest absolute Gasteiger partial charge is 0.395 e. The summed E-state index contributed by atoms with van der Waals surface area (Å²) in [5, 5.41) is 9.14. The Kier molecular flexibility index (Phi) is 9.47. The second kappa shape index (κ2) is 9.32. The molecule has 0 aromatic carbocycles. The van der Waals surface area contributed by atoms with Gasteiger partial charge in [-0.3, -0.25) is 4.90 Å². The van der Waals surface area contributed by atoms with Crippen molar-refractivity contribution >= 4 is 12.6 Å². The minimum Gasteiger partial charge on any atom is -0.395 e. The molecule has 0 rings (SSSR count). The SMILES string of the molecule is CCC(CC)N(CCO)CC(CS)C(C)C. The third-order valence-electron chi connectivity index (χ3n) is 3.49. The highest BCUT2D eigenvalue weighted by atomic mass is 32.1. The van der Waals surface area contributed by atoms with E-state index in [0.717, 1.165) is 31.7 Å². The van der Waals surface area contributed by atoms with E-state index in [1.54, 1.807) is 0 Å². The smallest absolute Gasteiger partial charge is 0.0558 e. The molecule has 0 aromatic heterocycles. The highest BCUT2D eigenvalue weighted by molar-refractivity contribution is 7.80. The molecule has 0 aliphatic heterocycles. The van der Waals surface area contributed by atoms with Crippen LogP contribution < -0.4 is 0 Å². The van der Waals surface area contributed by atoms with Crippen molar-refractivity contribution in [2.45, 2.75) is 46.6 Å². The lowest BCUT2D eigenvalue weighted by Gasteiger charge is -2.34. The van der Waals surface area contributed by atoms with Crippen molar-refractivity contribution in [1.82, 2.24) is 4.90 Å². The predicted molar refractivity (Wildman–Crippen MR) is 75.2 cm³/mol. The normalized spacial score (nSPS) is 14.1. The van der Waals surface area contributed by atoms with Gasteiger partial charge in [0.05, 0.1) is 6.61 Å². The third kappa shape index (κ3) is 5.55. The zero-order chi connectivity index (χ0) is 12.6. The Bertz CT molecular complexity index is 157. The Morgan fingerprint density at radius 1 is 1.19 bits per heavy atom. The van der Waals surface area contributed by atoms with Gasteiger partial charge in [-0.15, -0.1) is 0 Å². The molecular weight excluding hydrogens is 218 g/mol. The summed E-state index contributed by atoms with van der Waals surface area (Å²) in [6.07, 6.45) is 2.32. The van der Waals surface area contributed by atoms with E-state index in [4.69, 9.17) is 5.11 Å². The zero-order valence-electron chi connectivity index (χ0n) is 11.3. The molecule has 0 spiro atoms. The molecule has 1 atom stereocenters. The number of aliphatic hydroxyl groups excluding tert-OH is 1. The Morgan fingerprint density at radius 2 is 1.75 bits per heavy atom. The molecule has 1 N–H and O–H groups in total. The first kappa shape index (κ1) is 16.3. The van der Waals surface area contributed by atoms with Crippen molar-refractivity contribution in [1.29, 1.82) is 0 Å². The van der Waals surface area contributed by atoms with Crippen LogP contribution in [-0.2, 0) is 0 Å². The van der Waals surface area contributed by atoms with Crippen molar-refractivity contribution in [2.24, 2.45) is 11.8 Å². The summed E-state index contributed by atoms with van der Waals surface area (Å²) >= 11 is 4.44. The summed E-state index contributed by atoms with van der Waals surface area (Å²) in [6.45, 7) is 11.1. The second-order valence-corrected chi connectivity index (χ2v) is 5.24. The van der Waals surface area contributed by atoms with Gasteiger partial charge in [0.1, 0.15) is 0 Å². The van der Waals surface area contributed by atoms with Crippen LogP contribution in [0.15, 0.2) is 0 Å². The van der Waals surface area contributed by atoms with Crippen molar-refractivity contribution in [3.05, 3.63) is 0 Å². The van der Waals surface area contributed by atoms with Crippen LogP contribution in [0.3, 0.4) is 0 Å². The summed E-state index contributed by atoms with van der Waals surface area (Å²) in [5.41, 5.74) is 0. The molecule has 1 unspecified atom stereocenters. The van der Waals surface area contributed by atoms with E-state index in [1.165, 1.54) is 0 Å². The molecule has 2 nitrogen and oxygen atoms in total. The van der Waals surface area contributed by atoms with Gasteiger partial charge in [-0.25, -0.2) is 0 Å². The first-order chi connectivity index (χ1) is 7.60. The lowest BCUT2D eigenvalue weighted by Crippen LogP contribution is -2.41. The number of aliphatic hydroxyl groups is 1. The molecule has 0 bridgehead atoms. The van der Waals surface area contributed by atoms with E-state index < -0.39 is 0 Å².